The number of phenols is 1. The minimum atomic E-state index is -4.49. The number of fused-ring (bicyclic) bond motifs is 1. The topological polar surface area (TPSA) is 123 Å². The van der Waals surface area contributed by atoms with Crippen molar-refractivity contribution in [3.05, 3.63) is 84.4 Å². The lowest BCUT2D eigenvalue weighted by Gasteiger charge is -2.55. The Morgan fingerprint density at radius 1 is 1.05 bits per heavy atom. The highest BCUT2D eigenvalue weighted by molar-refractivity contribution is 7.85. The van der Waals surface area contributed by atoms with Gasteiger partial charge in [0.2, 0.25) is 0 Å². The van der Waals surface area contributed by atoms with E-state index in [0.29, 0.717) is 22.1 Å². The second-order valence-electron chi connectivity index (χ2n) is 8.82. The fraction of sp³-hybridized carbons (Fsp3) is 0.115. The summed E-state index contributed by atoms with van der Waals surface area (Å²) in [6.45, 7) is 0. The Hall–Kier alpha value is -3.77. The Morgan fingerprint density at radius 3 is 2.58 bits per heavy atom. The number of para-hydroxylation sites is 2. The molecule has 1 spiro atoms. The Balaban J connectivity index is 1.48. The summed E-state index contributed by atoms with van der Waals surface area (Å²) >= 11 is 8.06. The van der Waals surface area contributed by atoms with Crippen LogP contribution in [0.2, 0.25) is 0 Å². The number of hydrogen-bond donors (Lipinski definition) is 2. The maximum Gasteiger partial charge on any atom is 0.294 e. The minimum absolute atomic E-state index is 0.0971. The van der Waals surface area contributed by atoms with Crippen molar-refractivity contribution in [1.82, 2.24) is 4.98 Å². The molecule has 9 nitrogen and oxygen atoms in total. The zero-order chi connectivity index (χ0) is 26.7. The number of amides is 1. The third-order valence-electron chi connectivity index (χ3n) is 6.49. The van der Waals surface area contributed by atoms with E-state index in [-0.39, 0.29) is 23.0 Å². The van der Waals surface area contributed by atoms with E-state index in [0.717, 1.165) is 10.2 Å². The average Bonchev–Trinajstić information content (AvgIpc) is 3.51. The van der Waals surface area contributed by atoms with Gasteiger partial charge in [0.1, 0.15) is 5.75 Å². The van der Waals surface area contributed by atoms with Crippen LogP contribution in [0.4, 0.5) is 10.8 Å². The predicted molar refractivity (Wildman–Crippen MR) is 147 cm³/mol. The van der Waals surface area contributed by atoms with Gasteiger partial charge in [-0.05, 0) is 48.6 Å². The van der Waals surface area contributed by atoms with Crippen molar-refractivity contribution in [3.8, 4) is 5.75 Å². The second-order valence-corrected chi connectivity index (χ2v) is 11.7. The van der Waals surface area contributed by atoms with Crippen molar-refractivity contribution in [2.75, 3.05) is 9.91 Å². The van der Waals surface area contributed by atoms with E-state index in [1.807, 2.05) is 24.3 Å². The Bertz CT molecular complexity index is 1740. The van der Waals surface area contributed by atoms with E-state index in [2.05, 4.69) is 4.98 Å². The third kappa shape index (κ3) is 3.86. The number of phenolic OH excluding ortho intramolecular Hbond substituents is 1. The highest BCUT2D eigenvalue weighted by Crippen LogP contribution is 2.51. The minimum Gasteiger partial charge on any atom is -0.507 e. The molecule has 2 atom stereocenters. The van der Waals surface area contributed by atoms with Gasteiger partial charge in [-0.1, -0.05) is 47.7 Å². The Labute approximate surface area is 226 Å². The number of nitrogens with zero attached hydrogens (tertiary/aromatic N) is 4. The first-order valence-electron chi connectivity index (χ1n) is 11.4. The SMILES string of the molecule is O=C1C(Cl)C2(CC(C=Cc3ccccc3O)=NN2c2cccc(S(=O)(=O)O)c2)N1c1nc2ccccc2s1. The molecule has 2 unspecified atom stereocenters. The lowest BCUT2D eigenvalue weighted by atomic mass is 9.87. The van der Waals surface area contributed by atoms with Gasteiger partial charge >= 0.3 is 0 Å². The van der Waals surface area contributed by atoms with Crippen LogP contribution in [0.1, 0.15) is 12.0 Å². The lowest BCUT2D eigenvalue weighted by molar-refractivity contribution is -0.126. The number of anilines is 2. The molecule has 1 aromatic heterocycles. The van der Waals surface area contributed by atoms with Gasteiger partial charge in [0, 0.05) is 12.0 Å². The Kier molecular flexibility index (Phi) is 5.76. The zero-order valence-corrected chi connectivity index (χ0v) is 21.9. The van der Waals surface area contributed by atoms with Crippen LogP contribution >= 0.6 is 22.9 Å². The Morgan fingerprint density at radius 2 is 1.82 bits per heavy atom. The quantitative estimate of drug-likeness (QED) is 0.200. The number of hydrogen-bond acceptors (Lipinski definition) is 8. The molecule has 1 amide bonds. The van der Waals surface area contributed by atoms with Crippen LogP contribution in [0.5, 0.6) is 5.75 Å². The summed E-state index contributed by atoms with van der Waals surface area (Å²) in [5, 5.41) is 15.8. The van der Waals surface area contributed by atoms with Crippen molar-refractivity contribution >= 4 is 71.8 Å². The normalized spacial score (nSPS) is 21.5. The molecule has 0 radical (unpaired) electrons. The van der Waals surface area contributed by atoms with Crippen molar-refractivity contribution < 1.29 is 22.9 Å². The molecule has 0 saturated carbocycles. The first kappa shape index (κ1) is 24.6. The van der Waals surface area contributed by atoms with E-state index >= 15 is 0 Å². The van der Waals surface area contributed by atoms with Crippen molar-refractivity contribution in [3.63, 3.8) is 0 Å². The molecular formula is C26H19ClN4O5S2. The van der Waals surface area contributed by atoms with Gasteiger partial charge in [-0.3, -0.25) is 14.2 Å². The molecule has 2 aliphatic heterocycles. The first-order valence-corrected chi connectivity index (χ1v) is 14.1. The van der Waals surface area contributed by atoms with Crippen LogP contribution in [0, 0.1) is 0 Å². The molecule has 3 heterocycles. The number of aromatic nitrogens is 1. The van der Waals surface area contributed by atoms with Crippen molar-refractivity contribution in [2.24, 2.45) is 5.10 Å². The molecule has 1 fully saturated rings. The highest BCUT2D eigenvalue weighted by Gasteiger charge is 2.67. The molecule has 192 valence electrons. The summed E-state index contributed by atoms with van der Waals surface area (Å²) < 4.78 is 34.3. The molecule has 0 bridgehead atoms. The summed E-state index contributed by atoms with van der Waals surface area (Å²) in [5.41, 5.74) is 0.936. The maximum absolute atomic E-state index is 13.2. The van der Waals surface area contributed by atoms with E-state index < -0.39 is 21.2 Å². The fourth-order valence-corrected chi connectivity index (χ4v) is 6.62. The number of carbonyl (C=O) groups excluding carboxylic acids is 1. The number of aromatic hydroxyl groups is 1. The molecule has 38 heavy (non-hydrogen) atoms. The van der Waals surface area contributed by atoms with E-state index in [9.17, 15) is 22.9 Å². The third-order valence-corrected chi connectivity index (χ3v) is 8.90. The van der Waals surface area contributed by atoms with Gasteiger partial charge < -0.3 is 5.11 Å². The number of benzene rings is 3. The predicted octanol–water partition coefficient (Wildman–Crippen LogP) is 4.88. The van der Waals surface area contributed by atoms with Crippen LogP contribution in [-0.2, 0) is 14.9 Å². The van der Waals surface area contributed by atoms with Gasteiger partial charge in [0.25, 0.3) is 16.0 Å². The van der Waals surface area contributed by atoms with Crippen molar-refractivity contribution in [2.45, 2.75) is 22.4 Å². The van der Waals surface area contributed by atoms with Crippen molar-refractivity contribution in [1.29, 1.82) is 0 Å². The van der Waals surface area contributed by atoms with Crippen LogP contribution in [0.25, 0.3) is 16.3 Å². The summed E-state index contributed by atoms with van der Waals surface area (Å²) in [4.78, 5) is 19.1. The standard InChI is InChI=1S/C26H19ClN4O5S2/c27-23-24(33)30(25-28-20-9-2-4-11-22(20)37-25)26(23)15-17(13-12-16-6-1-3-10-21(16)32)29-31(26)18-7-5-8-19(14-18)38(34,35)36/h1-14,23,32H,15H2,(H,34,35,36). The number of alkyl halides is 1. The number of halogens is 1. The van der Waals surface area contributed by atoms with Gasteiger partial charge in [0.05, 0.1) is 26.5 Å². The summed E-state index contributed by atoms with van der Waals surface area (Å²) in [6, 6.07) is 20.0. The number of carbonyl (C=O) groups is 1. The molecule has 2 aliphatic rings. The molecular weight excluding hydrogens is 548 g/mol. The van der Waals surface area contributed by atoms with E-state index in [1.54, 1.807) is 42.5 Å². The second kappa shape index (κ2) is 8.91. The van der Waals surface area contributed by atoms with Gasteiger partial charge in [-0.25, -0.2) is 9.99 Å². The van der Waals surface area contributed by atoms with Gasteiger partial charge in [-0.2, -0.15) is 13.5 Å². The van der Waals surface area contributed by atoms with E-state index in [1.165, 1.54) is 39.4 Å². The molecule has 3 aromatic carbocycles. The van der Waals surface area contributed by atoms with Crippen LogP contribution in [-0.4, -0.2) is 45.7 Å². The number of rotatable bonds is 5. The zero-order valence-electron chi connectivity index (χ0n) is 19.5. The fourth-order valence-electron chi connectivity index (χ4n) is 4.69. The first-order chi connectivity index (χ1) is 18.2. The van der Waals surface area contributed by atoms with Crippen LogP contribution < -0.4 is 9.91 Å². The smallest absolute Gasteiger partial charge is 0.294 e. The van der Waals surface area contributed by atoms with Crippen LogP contribution in [0.3, 0.4) is 0 Å². The molecule has 4 aromatic rings. The molecule has 0 aliphatic carbocycles. The number of thiazole rings is 1. The summed E-state index contributed by atoms with van der Waals surface area (Å²) in [5.74, 6) is -0.261. The number of hydrazone groups is 1. The summed E-state index contributed by atoms with van der Waals surface area (Å²) in [6.07, 6.45) is 3.61. The molecule has 12 heteroatoms. The monoisotopic (exact) mass is 566 g/mol. The maximum atomic E-state index is 13.2. The average molecular weight is 567 g/mol. The number of β-lactam (4-membered cyclic amide) rings is 1. The lowest BCUT2D eigenvalue weighted by Crippen LogP contribution is -2.78. The summed E-state index contributed by atoms with van der Waals surface area (Å²) in [7, 11) is -4.49. The molecule has 6 rings (SSSR count). The number of allylic oxidation sites excluding steroid dienone is 1. The van der Waals surface area contributed by atoms with Gasteiger partial charge in [-0.15, -0.1) is 11.6 Å². The van der Waals surface area contributed by atoms with Gasteiger partial charge in [0.15, 0.2) is 16.2 Å². The molecule has 2 N–H and O–H groups in total. The van der Waals surface area contributed by atoms with E-state index in [4.69, 9.17) is 16.7 Å². The van der Waals surface area contributed by atoms with Crippen LogP contribution in [0.15, 0.2) is 88.9 Å². The molecule has 1 saturated heterocycles. The largest absolute Gasteiger partial charge is 0.507 e. The highest BCUT2D eigenvalue weighted by atomic mass is 35.5.